The zero-order valence-electron chi connectivity index (χ0n) is 15.4. The molecule has 2 aromatic rings. The van der Waals surface area contributed by atoms with Crippen molar-refractivity contribution in [3.63, 3.8) is 0 Å². The lowest BCUT2D eigenvalue weighted by atomic mass is 10.1. The molecule has 0 aliphatic carbocycles. The second-order valence-corrected chi connectivity index (χ2v) is 8.15. The van der Waals surface area contributed by atoms with Gasteiger partial charge in [0.1, 0.15) is 5.75 Å². The molecule has 6 nitrogen and oxygen atoms in total. The van der Waals surface area contributed by atoms with Gasteiger partial charge in [-0.3, -0.25) is 9.52 Å². The number of carbonyl (C=O) groups excluding carboxylic acids is 1. The van der Waals surface area contributed by atoms with Gasteiger partial charge in [-0.2, -0.15) is 0 Å². The van der Waals surface area contributed by atoms with Crippen LogP contribution in [0.2, 0.25) is 0 Å². The lowest BCUT2D eigenvalue weighted by Gasteiger charge is -2.12. The summed E-state index contributed by atoms with van der Waals surface area (Å²) in [6.45, 7) is 6.02. The first-order valence-corrected chi connectivity index (χ1v) is 10.2. The molecule has 0 bridgehead atoms. The van der Waals surface area contributed by atoms with Crippen molar-refractivity contribution in [2.75, 3.05) is 11.0 Å². The zero-order valence-corrected chi connectivity index (χ0v) is 16.2. The Kier molecular flexibility index (Phi) is 6.26. The molecule has 0 atom stereocenters. The van der Waals surface area contributed by atoms with Crippen molar-refractivity contribution in [2.45, 2.75) is 33.4 Å². The summed E-state index contributed by atoms with van der Waals surface area (Å²) in [4.78, 5) is 12.4. The van der Waals surface area contributed by atoms with Gasteiger partial charge in [-0.05, 0) is 56.2 Å². The Morgan fingerprint density at radius 2 is 1.88 bits per heavy atom. The molecule has 0 aromatic heterocycles. The summed E-state index contributed by atoms with van der Waals surface area (Å²) in [7, 11) is -3.41. The predicted molar refractivity (Wildman–Crippen MR) is 103 cm³/mol. The summed E-state index contributed by atoms with van der Waals surface area (Å²) in [6.07, 6.45) is 1.15. The van der Waals surface area contributed by atoms with E-state index in [1.165, 1.54) is 6.07 Å². The van der Waals surface area contributed by atoms with E-state index in [0.29, 0.717) is 17.8 Å². The minimum atomic E-state index is -3.41. The Labute approximate surface area is 154 Å². The minimum Gasteiger partial charge on any atom is -0.491 e. The van der Waals surface area contributed by atoms with Crippen LogP contribution in [0.4, 0.5) is 5.69 Å². The van der Waals surface area contributed by atoms with Crippen LogP contribution in [-0.2, 0) is 16.6 Å². The summed E-state index contributed by atoms with van der Waals surface area (Å²) in [5.74, 6) is 0.471. The van der Waals surface area contributed by atoms with Crippen molar-refractivity contribution in [1.29, 1.82) is 0 Å². The molecular formula is C19H24N2O4S. The van der Waals surface area contributed by atoms with E-state index in [0.717, 1.165) is 23.1 Å². The average molecular weight is 376 g/mol. The molecule has 0 saturated carbocycles. The quantitative estimate of drug-likeness (QED) is 0.778. The van der Waals surface area contributed by atoms with Crippen molar-refractivity contribution in [3.05, 3.63) is 59.2 Å². The number of benzene rings is 2. The molecule has 140 valence electrons. The lowest BCUT2D eigenvalue weighted by molar-refractivity contribution is 0.0951. The van der Waals surface area contributed by atoms with Gasteiger partial charge in [0.25, 0.3) is 5.91 Å². The minimum absolute atomic E-state index is 0.0770. The van der Waals surface area contributed by atoms with E-state index in [9.17, 15) is 13.2 Å². The second kappa shape index (κ2) is 8.23. The molecule has 0 aliphatic heterocycles. The summed E-state index contributed by atoms with van der Waals surface area (Å²) in [5, 5.41) is 2.83. The fourth-order valence-corrected chi connectivity index (χ4v) is 2.98. The summed E-state index contributed by atoms with van der Waals surface area (Å²) in [5.41, 5.74) is 2.44. The molecule has 1 amide bonds. The van der Waals surface area contributed by atoms with Crippen LogP contribution >= 0.6 is 0 Å². The molecule has 26 heavy (non-hydrogen) atoms. The number of hydrogen-bond donors (Lipinski definition) is 2. The van der Waals surface area contributed by atoms with Crippen molar-refractivity contribution in [1.82, 2.24) is 5.32 Å². The van der Waals surface area contributed by atoms with Crippen LogP contribution in [-0.4, -0.2) is 26.7 Å². The Morgan fingerprint density at radius 1 is 1.15 bits per heavy atom. The van der Waals surface area contributed by atoms with Gasteiger partial charge in [-0.15, -0.1) is 0 Å². The van der Waals surface area contributed by atoms with E-state index in [2.05, 4.69) is 10.0 Å². The first-order chi connectivity index (χ1) is 12.1. The van der Waals surface area contributed by atoms with Gasteiger partial charge in [0, 0.05) is 12.1 Å². The fraction of sp³-hybridized carbons (Fsp3) is 0.316. The summed E-state index contributed by atoms with van der Waals surface area (Å²) < 4.78 is 30.9. The highest BCUT2D eigenvalue weighted by Crippen LogP contribution is 2.19. The summed E-state index contributed by atoms with van der Waals surface area (Å²) >= 11 is 0. The average Bonchev–Trinajstić information content (AvgIpc) is 2.53. The smallest absolute Gasteiger partial charge is 0.251 e. The number of anilines is 1. The van der Waals surface area contributed by atoms with E-state index in [1.54, 1.807) is 19.1 Å². The van der Waals surface area contributed by atoms with E-state index in [-0.39, 0.29) is 12.0 Å². The van der Waals surface area contributed by atoms with Gasteiger partial charge in [0.2, 0.25) is 10.0 Å². The maximum atomic E-state index is 12.4. The number of rotatable bonds is 7. The van der Waals surface area contributed by atoms with Gasteiger partial charge < -0.3 is 10.1 Å². The Hall–Kier alpha value is -2.54. The molecule has 0 heterocycles. The van der Waals surface area contributed by atoms with Crippen molar-refractivity contribution in [2.24, 2.45) is 0 Å². The first kappa shape index (κ1) is 19.8. The predicted octanol–water partition coefficient (Wildman–Crippen LogP) is 3.08. The normalized spacial score (nSPS) is 11.3. The maximum Gasteiger partial charge on any atom is 0.251 e. The number of sulfonamides is 1. The number of carbonyl (C=O) groups is 1. The number of aryl methyl sites for hydroxylation is 1. The highest BCUT2D eigenvalue weighted by atomic mass is 32.2. The van der Waals surface area contributed by atoms with Crippen LogP contribution in [0.25, 0.3) is 0 Å². The Bertz CT molecular complexity index is 892. The van der Waals surface area contributed by atoms with E-state index < -0.39 is 10.0 Å². The zero-order chi connectivity index (χ0) is 19.3. The van der Waals surface area contributed by atoms with Crippen LogP contribution in [0.3, 0.4) is 0 Å². The highest BCUT2D eigenvalue weighted by molar-refractivity contribution is 7.92. The molecular weight excluding hydrogens is 352 g/mol. The van der Waals surface area contributed by atoms with Crippen LogP contribution in [0.1, 0.15) is 35.3 Å². The number of hydrogen-bond acceptors (Lipinski definition) is 4. The molecule has 0 saturated heterocycles. The molecule has 7 heteroatoms. The largest absolute Gasteiger partial charge is 0.491 e. The SMILES string of the molecule is Cc1ccc(C(=O)NCc2cccc(OC(C)C)c2)cc1NS(C)(=O)=O. The van der Waals surface area contributed by atoms with Crippen molar-refractivity contribution in [3.8, 4) is 5.75 Å². The van der Waals surface area contributed by atoms with Gasteiger partial charge in [0.05, 0.1) is 18.0 Å². The topological polar surface area (TPSA) is 84.5 Å². The maximum absolute atomic E-state index is 12.4. The third-order valence-electron chi connectivity index (χ3n) is 3.52. The van der Waals surface area contributed by atoms with E-state index >= 15 is 0 Å². The molecule has 0 aliphatic rings. The van der Waals surface area contributed by atoms with E-state index in [4.69, 9.17) is 4.74 Å². The number of nitrogens with one attached hydrogen (secondary N) is 2. The van der Waals surface area contributed by atoms with Crippen molar-refractivity contribution >= 4 is 21.6 Å². The highest BCUT2D eigenvalue weighted by Gasteiger charge is 2.11. The van der Waals surface area contributed by atoms with Crippen LogP contribution in [0.5, 0.6) is 5.75 Å². The molecule has 0 unspecified atom stereocenters. The van der Waals surface area contributed by atoms with E-state index in [1.807, 2.05) is 38.1 Å². The van der Waals surface area contributed by atoms with Crippen LogP contribution in [0.15, 0.2) is 42.5 Å². The van der Waals surface area contributed by atoms with Gasteiger partial charge in [-0.25, -0.2) is 8.42 Å². The third-order valence-corrected chi connectivity index (χ3v) is 4.11. The second-order valence-electron chi connectivity index (χ2n) is 6.40. The van der Waals surface area contributed by atoms with Gasteiger partial charge in [-0.1, -0.05) is 18.2 Å². The summed E-state index contributed by atoms with van der Waals surface area (Å²) in [6, 6.07) is 12.4. The standard InChI is InChI=1S/C19H24N2O4S/c1-13(2)25-17-7-5-6-15(10-17)12-20-19(22)16-9-8-14(3)18(11-16)21-26(4,23)24/h5-11,13,21H,12H2,1-4H3,(H,20,22). The lowest BCUT2D eigenvalue weighted by Crippen LogP contribution is -2.23. The number of amides is 1. The molecule has 0 radical (unpaired) electrons. The Morgan fingerprint density at radius 3 is 2.54 bits per heavy atom. The number of ether oxygens (including phenoxy) is 1. The molecule has 0 spiro atoms. The van der Waals surface area contributed by atoms with Crippen molar-refractivity contribution < 1.29 is 17.9 Å². The van der Waals surface area contributed by atoms with Gasteiger partial charge >= 0.3 is 0 Å². The third kappa shape index (κ3) is 6.07. The van der Waals surface area contributed by atoms with Crippen LogP contribution in [0, 0.1) is 6.92 Å². The van der Waals surface area contributed by atoms with Gasteiger partial charge in [0.15, 0.2) is 0 Å². The molecule has 2 rings (SSSR count). The first-order valence-electron chi connectivity index (χ1n) is 8.26. The molecule has 0 fully saturated rings. The fourth-order valence-electron chi connectivity index (χ4n) is 2.36. The molecule has 2 aromatic carbocycles. The monoisotopic (exact) mass is 376 g/mol. The molecule has 2 N–H and O–H groups in total. The van der Waals surface area contributed by atoms with Crippen LogP contribution < -0.4 is 14.8 Å². The Balaban J connectivity index is 2.07.